The van der Waals surface area contributed by atoms with Gasteiger partial charge in [-0.3, -0.25) is 4.79 Å². The SMILES string of the molecule is CC1(C)CN(S(=O)c2ccc(N=C(N)c3c(N[C@H]4COCCC4C#N)cc[nH]c3=O)cc2)CCO1. The Labute approximate surface area is 206 Å². The Balaban J connectivity index is 1.53. The van der Waals surface area contributed by atoms with Gasteiger partial charge >= 0.3 is 0 Å². The van der Waals surface area contributed by atoms with Crippen molar-refractivity contribution in [2.45, 2.75) is 36.8 Å². The minimum atomic E-state index is -1.32. The number of nitrogens with zero attached hydrogens (tertiary/aromatic N) is 3. The molecule has 0 aliphatic carbocycles. The van der Waals surface area contributed by atoms with Crippen molar-refractivity contribution in [3.8, 4) is 6.07 Å². The van der Waals surface area contributed by atoms with E-state index in [0.717, 1.165) is 0 Å². The number of aromatic amines is 1. The van der Waals surface area contributed by atoms with Crippen molar-refractivity contribution < 1.29 is 13.7 Å². The highest BCUT2D eigenvalue weighted by Crippen LogP contribution is 2.24. The summed E-state index contributed by atoms with van der Waals surface area (Å²) in [6.07, 6.45) is 2.13. The number of nitrogens with one attached hydrogen (secondary N) is 2. The van der Waals surface area contributed by atoms with Gasteiger partial charge in [0.15, 0.2) is 0 Å². The van der Waals surface area contributed by atoms with Crippen molar-refractivity contribution in [1.82, 2.24) is 9.29 Å². The van der Waals surface area contributed by atoms with Crippen LogP contribution in [0.4, 0.5) is 11.4 Å². The predicted octanol–water partition coefficient (Wildman–Crippen LogP) is 1.89. The maximum Gasteiger partial charge on any atom is 0.261 e. The van der Waals surface area contributed by atoms with Crippen LogP contribution < -0.4 is 16.6 Å². The van der Waals surface area contributed by atoms with Crippen molar-refractivity contribution in [3.63, 3.8) is 0 Å². The molecule has 2 fully saturated rings. The van der Waals surface area contributed by atoms with E-state index in [4.69, 9.17) is 15.2 Å². The molecule has 0 radical (unpaired) electrons. The number of rotatable bonds is 6. The Morgan fingerprint density at radius 2 is 2.09 bits per heavy atom. The lowest BCUT2D eigenvalue weighted by atomic mass is 9.96. The van der Waals surface area contributed by atoms with Crippen LogP contribution >= 0.6 is 0 Å². The number of aliphatic imine (C=N–C) groups is 1. The van der Waals surface area contributed by atoms with Crippen LogP contribution in [-0.2, 0) is 20.5 Å². The van der Waals surface area contributed by atoms with Crippen molar-refractivity contribution in [1.29, 1.82) is 5.26 Å². The summed E-state index contributed by atoms with van der Waals surface area (Å²) >= 11 is 0. The molecule has 2 unspecified atom stereocenters. The average Bonchev–Trinajstić information content (AvgIpc) is 2.84. The van der Waals surface area contributed by atoms with Gasteiger partial charge in [-0.2, -0.15) is 5.26 Å². The fourth-order valence-corrected chi connectivity index (χ4v) is 5.52. The Bertz CT molecular complexity index is 1200. The molecule has 3 atom stereocenters. The van der Waals surface area contributed by atoms with Gasteiger partial charge in [0, 0.05) is 25.9 Å². The van der Waals surface area contributed by atoms with Crippen LogP contribution in [-0.4, -0.2) is 63.9 Å². The summed E-state index contributed by atoms with van der Waals surface area (Å²) in [6, 6.07) is 10.7. The maximum atomic E-state index is 13.0. The quantitative estimate of drug-likeness (QED) is 0.407. The molecule has 2 saturated heterocycles. The van der Waals surface area contributed by atoms with Crippen LogP contribution in [0, 0.1) is 17.2 Å². The zero-order valence-corrected chi connectivity index (χ0v) is 20.6. The van der Waals surface area contributed by atoms with E-state index in [-0.39, 0.29) is 29.0 Å². The highest BCUT2D eigenvalue weighted by molar-refractivity contribution is 7.82. The Morgan fingerprint density at radius 1 is 1.31 bits per heavy atom. The van der Waals surface area contributed by atoms with E-state index < -0.39 is 16.5 Å². The number of amidine groups is 1. The molecule has 186 valence electrons. The second kappa shape index (κ2) is 10.7. The van der Waals surface area contributed by atoms with Gasteiger partial charge in [-0.15, -0.1) is 0 Å². The minimum absolute atomic E-state index is 0.0309. The molecule has 0 saturated carbocycles. The number of morpholine rings is 1. The van der Waals surface area contributed by atoms with Crippen LogP contribution in [0.5, 0.6) is 0 Å². The standard InChI is InChI=1S/C24H30N6O4S/c1-24(2)15-30(10-12-34-24)35(32)18-5-3-17(4-6-18)28-22(26)21-19(7-9-27-23(21)31)29-20-14-33-11-8-16(20)13-25/h3-7,9,16,20H,8,10-12,14-15H2,1-2H3,(H2,26,28)(H2,27,29,31)/t16?,20-,35?/m0/s1. The van der Waals surface area contributed by atoms with Gasteiger partial charge in [-0.1, -0.05) is 0 Å². The van der Waals surface area contributed by atoms with E-state index in [2.05, 4.69) is 21.4 Å². The molecule has 4 N–H and O–H groups in total. The summed E-state index contributed by atoms with van der Waals surface area (Å²) in [5, 5.41) is 12.7. The third-order valence-corrected chi connectivity index (χ3v) is 7.45. The van der Waals surface area contributed by atoms with Gasteiger partial charge in [0.05, 0.1) is 53.1 Å². The summed E-state index contributed by atoms with van der Waals surface area (Å²) in [5.74, 6) is -0.206. The highest BCUT2D eigenvalue weighted by Gasteiger charge is 2.31. The zero-order valence-electron chi connectivity index (χ0n) is 19.8. The first-order valence-electron chi connectivity index (χ1n) is 11.5. The van der Waals surface area contributed by atoms with Gasteiger partial charge in [0.25, 0.3) is 5.56 Å². The molecule has 10 nitrogen and oxygen atoms in total. The fraction of sp³-hybridized carbons (Fsp3) is 0.458. The molecule has 1 aromatic heterocycles. The van der Waals surface area contributed by atoms with E-state index in [9.17, 15) is 14.3 Å². The highest BCUT2D eigenvalue weighted by atomic mass is 32.2. The largest absolute Gasteiger partial charge is 0.383 e. The van der Waals surface area contributed by atoms with E-state index in [1.54, 1.807) is 30.3 Å². The molecule has 4 rings (SSSR count). The van der Waals surface area contributed by atoms with Crippen LogP contribution in [0.3, 0.4) is 0 Å². The number of pyridine rings is 1. The molecule has 0 spiro atoms. The lowest BCUT2D eigenvalue weighted by molar-refractivity contribution is -0.0628. The minimum Gasteiger partial charge on any atom is -0.383 e. The van der Waals surface area contributed by atoms with Gasteiger partial charge in [0.1, 0.15) is 22.4 Å². The summed E-state index contributed by atoms with van der Waals surface area (Å²) in [4.78, 5) is 20.3. The Hall–Kier alpha value is -3.04. The smallest absolute Gasteiger partial charge is 0.261 e. The van der Waals surface area contributed by atoms with Crippen LogP contribution in [0.1, 0.15) is 25.8 Å². The first-order chi connectivity index (χ1) is 16.8. The third-order valence-electron chi connectivity index (χ3n) is 5.99. The molecule has 2 aliphatic rings. The Kier molecular flexibility index (Phi) is 7.66. The first-order valence-corrected chi connectivity index (χ1v) is 12.6. The maximum absolute atomic E-state index is 13.0. The number of nitriles is 1. The molecule has 35 heavy (non-hydrogen) atoms. The van der Waals surface area contributed by atoms with Gasteiger partial charge < -0.3 is 25.5 Å². The molecule has 3 heterocycles. The van der Waals surface area contributed by atoms with Crippen molar-refractivity contribution in [3.05, 3.63) is 52.4 Å². The molecule has 2 aliphatic heterocycles. The third kappa shape index (κ3) is 5.97. The monoisotopic (exact) mass is 498 g/mol. The van der Waals surface area contributed by atoms with E-state index in [0.29, 0.717) is 55.6 Å². The summed E-state index contributed by atoms with van der Waals surface area (Å²) in [7, 11) is -1.32. The number of nitrogens with two attached hydrogens (primary N) is 1. The molecule has 2 aromatic rings. The first kappa shape index (κ1) is 25.1. The predicted molar refractivity (Wildman–Crippen MR) is 134 cm³/mol. The zero-order chi connectivity index (χ0) is 25.0. The lowest BCUT2D eigenvalue weighted by Gasteiger charge is -2.37. The topological polar surface area (TPSA) is 146 Å². The number of H-pyrrole nitrogens is 1. The summed E-state index contributed by atoms with van der Waals surface area (Å²) < 4.78 is 26.1. The summed E-state index contributed by atoms with van der Waals surface area (Å²) in [5.41, 5.74) is 6.71. The van der Waals surface area contributed by atoms with Gasteiger partial charge in [0.2, 0.25) is 0 Å². The van der Waals surface area contributed by atoms with Gasteiger partial charge in [-0.05, 0) is 50.6 Å². The van der Waals surface area contributed by atoms with E-state index in [1.807, 2.05) is 18.2 Å². The Morgan fingerprint density at radius 3 is 2.80 bits per heavy atom. The molecule has 1 aromatic carbocycles. The van der Waals surface area contributed by atoms with Crippen LogP contribution in [0.2, 0.25) is 0 Å². The number of anilines is 1. The number of ether oxygens (including phenoxy) is 2. The van der Waals surface area contributed by atoms with E-state index >= 15 is 0 Å². The van der Waals surface area contributed by atoms with Crippen molar-refractivity contribution in [2.75, 3.05) is 38.2 Å². The molecular weight excluding hydrogens is 468 g/mol. The lowest BCUT2D eigenvalue weighted by Crippen LogP contribution is -2.48. The van der Waals surface area contributed by atoms with Gasteiger partial charge in [-0.25, -0.2) is 13.5 Å². The second-order valence-electron chi connectivity index (χ2n) is 9.16. The normalized spacial score (nSPS) is 23.9. The van der Waals surface area contributed by atoms with Crippen LogP contribution in [0.25, 0.3) is 0 Å². The molecule has 0 amide bonds. The number of hydrogen-bond acceptors (Lipinski definition) is 7. The molecule has 0 bridgehead atoms. The van der Waals surface area contributed by atoms with Crippen molar-refractivity contribution in [2.24, 2.45) is 16.6 Å². The fourth-order valence-electron chi connectivity index (χ4n) is 4.18. The van der Waals surface area contributed by atoms with Crippen molar-refractivity contribution >= 4 is 28.2 Å². The second-order valence-corrected chi connectivity index (χ2v) is 10.6. The van der Waals surface area contributed by atoms with Crippen LogP contribution in [0.15, 0.2) is 51.2 Å². The molecular formula is C24H30N6O4S. The average molecular weight is 499 g/mol. The van der Waals surface area contributed by atoms with E-state index in [1.165, 1.54) is 6.20 Å². The number of benzene rings is 1. The molecule has 11 heteroatoms. The number of aromatic nitrogens is 1. The number of hydrogen-bond donors (Lipinski definition) is 3. The summed E-state index contributed by atoms with van der Waals surface area (Å²) in [6.45, 7) is 6.54.